The van der Waals surface area contributed by atoms with E-state index in [2.05, 4.69) is 26.3 Å². The van der Waals surface area contributed by atoms with Gasteiger partial charge in [-0.3, -0.25) is 29.5 Å². The summed E-state index contributed by atoms with van der Waals surface area (Å²) in [4.78, 5) is 63.7. The van der Waals surface area contributed by atoms with E-state index in [1.54, 1.807) is 48.5 Å². The lowest BCUT2D eigenvalue weighted by Gasteiger charge is -2.50. The number of halogens is 6. The first-order valence-electron chi connectivity index (χ1n) is 17.5. The molecule has 3 aromatic carbocycles. The van der Waals surface area contributed by atoms with Crippen LogP contribution in [0.4, 0.5) is 24.7 Å². The molecule has 4 amide bonds. The molecule has 4 aromatic rings. The number of aromatic hydroxyl groups is 1. The number of carbonyl (C=O) groups excluding carboxylic acids is 4. The number of rotatable bonds is 6. The molecule has 55 heavy (non-hydrogen) atoms. The molecule has 6 unspecified atom stereocenters. The van der Waals surface area contributed by atoms with Crippen LogP contribution in [0.3, 0.4) is 0 Å². The molecule has 3 heterocycles. The number of allylic oxidation sites excluding steroid dienone is 2. The molecular formula is C40H30BrCl2F3N4O5. The van der Waals surface area contributed by atoms with Crippen LogP contribution in [0.2, 0.25) is 10.0 Å². The van der Waals surface area contributed by atoms with Crippen molar-refractivity contribution in [2.75, 3.05) is 10.3 Å². The molecule has 1 saturated carbocycles. The van der Waals surface area contributed by atoms with Crippen LogP contribution in [-0.2, 0) is 37.2 Å². The summed E-state index contributed by atoms with van der Waals surface area (Å²) < 4.78 is 41.0. The van der Waals surface area contributed by atoms with Gasteiger partial charge in [0.15, 0.2) is 5.82 Å². The Kier molecular flexibility index (Phi) is 9.13. The number of fused-ring (bicyclic) bond motifs is 4. The van der Waals surface area contributed by atoms with Crippen LogP contribution in [0.15, 0.2) is 95.1 Å². The van der Waals surface area contributed by atoms with Crippen molar-refractivity contribution < 1.29 is 37.5 Å². The largest absolute Gasteiger partial charge is 0.508 e. The van der Waals surface area contributed by atoms with E-state index in [1.165, 1.54) is 11.0 Å². The molecule has 2 N–H and O–H groups in total. The highest BCUT2D eigenvalue weighted by molar-refractivity contribution is 9.10. The van der Waals surface area contributed by atoms with E-state index in [-0.39, 0.29) is 35.9 Å². The summed E-state index contributed by atoms with van der Waals surface area (Å²) in [5.41, 5.74) is 2.39. The second kappa shape index (κ2) is 13.5. The first kappa shape index (κ1) is 37.2. The quantitative estimate of drug-likeness (QED) is 0.147. The van der Waals surface area contributed by atoms with E-state index < -0.39 is 69.5 Å². The van der Waals surface area contributed by atoms with Crippen molar-refractivity contribution >= 4 is 74.3 Å². The number of hydrogen-bond donors (Lipinski definition) is 2. The second-order valence-electron chi connectivity index (χ2n) is 14.2. The third kappa shape index (κ3) is 5.76. The van der Waals surface area contributed by atoms with E-state index >= 15 is 4.79 Å². The zero-order chi connectivity index (χ0) is 39.1. The molecule has 0 radical (unpaired) electrons. The number of aryl methyl sites for hydroxylation is 1. The predicted octanol–water partition coefficient (Wildman–Crippen LogP) is 8.63. The maximum absolute atomic E-state index is 15.3. The first-order chi connectivity index (χ1) is 26.2. The molecule has 2 saturated heterocycles. The fraction of sp³-hybridized carbons (Fsp3) is 0.275. The smallest absolute Gasteiger partial charge is 0.417 e. The summed E-state index contributed by atoms with van der Waals surface area (Å²) in [6.45, 7) is 2.00. The molecule has 8 rings (SSSR count). The summed E-state index contributed by atoms with van der Waals surface area (Å²) in [6, 6.07) is 18.9. The highest BCUT2D eigenvalue weighted by atomic mass is 79.9. The monoisotopic (exact) mass is 852 g/mol. The van der Waals surface area contributed by atoms with Crippen molar-refractivity contribution in [1.29, 1.82) is 0 Å². The predicted molar refractivity (Wildman–Crippen MR) is 201 cm³/mol. The van der Waals surface area contributed by atoms with Crippen molar-refractivity contribution in [3.8, 4) is 5.75 Å². The Morgan fingerprint density at radius 3 is 2.31 bits per heavy atom. The Morgan fingerprint density at radius 1 is 0.945 bits per heavy atom. The van der Waals surface area contributed by atoms with Gasteiger partial charge in [-0.25, -0.2) is 4.98 Å². The van der Waals surface area contributed by atoms with Crippen molar-refractivity contribution in [3.05, 3.63) is 127 Å². The van der Waals surface area contributed by atoms with E-state index in [4.69, 9.17) is 23.2 Å². The zero-order valence-corrected chi connectivity index (χ0v) is 31.9. The Labute approximate surface area is 331 Å². The maximum Gasteiger partial charge on any atom is 0.417 e. The Hall–Kier alpha value is -4.72. The second-order valence-corrected chi connectivity index (χ2v) is 15.9. The topological polar surface area (TPSA) is 120 Å². The molecule has 3 fully saturated rings. The van der Waals surface area contributed by atoms with Crippen LogP contribution in [0.25, 0.3) is 0 Å². The van der Waals surface area contributed by atoms with Gasteiger partial charge >= 0.3 is 6.18 Å². The molecule has 2 aliphatic heterocycles. The number of amides is 4. The van der Waals surface area contributed by atoms with E-state index in [0.717, 1.165) is 12.0 Å². The number of benzene rings is 3. The van der Waals surface area contributed by atoms with Crippen LogP contribution < -0.4 is 10.3 Å². The number of hydrogen-bond acceptors (Lipinski definition) is 7. The van der Waals surface area contributed by atoms with E-state index in [9.17, 15) is 32.7 Å². The lowest BCUT2D eigenvalue weighted by Crippen LogP contribution is -2.53. The Morgan fingerprint density at radius 2 is 1.65 bits per heavy atom. The molecule has 9 nitrogen and oxygen atoms in total. The number of pyridine rings is 1. The molecule has 282 valence electrons. The number of nitrogens with one attached hydrogen (secondary N) is 1. The van der Waals surface area contributed by atoms with Gasteiger partial charge in [-0.2, -0.15) is 18.2 Å². The van der Waals surface area contributed by atoms with Gasteiger partial charge in [0.1, 0.15) is 5.75 Å². The molecule has 1 aromatic heterocycles. The number of alkyl halides is 3. The Bertz CT molecular complexity index is 2320. The van der Waals surface area contributed by atoms with E-state index in [0.29, 0.717) is 43.6 Å². The number of carbonyl (C=O) groups is 4. The van der Waals surface area contributed by atoms with Crippen molar-refractivity contribution in [1.82, 2.24) is 9.99 Å². The minimum absolute atomic E-state index is 0.0561. The number of anilines is 2. The minimum Gasteiger partial charge on any atom is -0.508 e. The van der Waals surface area contributed by atoms with Gasteiger partial charge in [-0.1, -0.05) is 82.0 Å². The van der Waals surface area contributed by atoms with Gasteiger partial charge in [0.25, 0.3) is 11.8 Å². The van der Waals surface area contributed by atoms with Crippen molar-refractivity contribution in [2.24, 2.45) is 23.7 Å². The highest BCUT2D eigenvalue weighted by Gasteiger charge is 2.70. The minimum atomic E-state index is -4.75. The molecule has 15 heteroatoms. The number of phenols is 1. The standard InChI is InChI=1S/C40H30BrCl2F3N4O5/c1-2-19-3-10-24(11-4-19)49-35(52)26-13-12-25-27(32(26)37(49)54)17-29-36(53)50(48-34-30(43)15-21(18-47-34)40(44,45)46)38(55)39(29,20-5-8-23(42)9-6-20)33(25)28-16-22(41)7-14-31(28)51/h3-12,14-16,18,26-27,29,32-33,51H,2,13,17H2,1H3,(H,47,48). The van der Waals surface area contributed by atoms with Gasteiger partial charge in [0.05, 0.1) is 39.4 Å². The molecule has 0 spiro atoms. The van der Waals surface area contributed by atoms with Crippen molar-refractivity contribution in [2.45, 2.75) is 43.7 Å². The number of imide groups is 2. The summed E-state index contributed by atoms with van der Waals surface area (Å²) >= 11 is 16.1. The molecule has 0 bridgehead atoms. The van der Waals surface area contributed by atoms with Gasteiger partial charge in [0.2, 0.25) is 11.8 Å². The summed E-state index contributed by atoms with van der Waals surface area (Å²) in [6.07, 6.45) is -1.50. The van der Waals surface area contributed by atoms with Gasteiger partial charge < -0.3 is 5.11 Å². The van der Waals surface area contributed by atoms with Crippen LogP contribution in [-0.4, -0.2) is 38.7 Å². The molecular weight excluding hydrogens is 824 g/mol. The zero-order valence-electron chi connectivity index (χ0n) is 28.8. The molecule has 2 aliphatic carbocycles. The normalized spacial score (nSPS) is 26.2. The molecule has 4 aliphatic rings. The lowest BCUT2D eigenvalue weighted by atomic mass is 9.49. The van der Waals surface area contributed by atoms with Crippen LogP contribution in [0.5, 0.6) is 5.75 Å². The number of nitrogens with zero attached hydrogens (tertiary/aromatic N) is 3. The summed E-state index contributed by atoms with van der Waals surface area (Å²) in [5, 5.41) is 12.1. The van der Waals surface area contributed by atoms with Gasteiger partial charge in [-0.05, 0) is 84.8 Å². The summed E-state index contributed by atoms with van der Waals surface area (Å²) in [7, 11) is 0. The van der Waals surface area contributed by atoms with Crippen molar-refractivity contribution in [3.63, 3.8) is 0 Å². The summed E-state index contributed by atoms with van der Waals surface area (Å²) in [5.74, 6) is -7.57. The van der Waals surface area contributed by atoms with Gasteiger partial charge in [0, 0.05) is 27.2 Å². The average Bonchev–Trinajstić information content (AvgIpc) is 3.54. The third-order valence-corrected chi connectivity index (χ3v) is 12.5. The molecule has 6 atom stereocenters. The highest BCUT2D eigenvalue weighted by Crippen LogP contribution is 2.65. The van der Waals surface area contributed by atoms with Crippen LogP contribution in [0, 0.1) is 23.7 Å². The number of hydrazine groups is 1. The fourth-order valence-corrected chi connectivity index (χ4v) is 9.73. The lowest BCUT2D eigenvalue weighted by molar-refractivity contribution is -0.139. The van der Waals surface area contributed by atoms with Crippen LogP contribution >= 0.6 is 39.1 Å². The van der Waals surface area contributed by atoms with E-state index in [1.807, 2.05) is 25.1 Å². The van der Waals surface area contributed by atoms with Crippen LogP contribution in [0.1, 0.15) is 47.9 Å². The Balaban J connectivity index is 1.31. The third-order valence-electron chi connectivity index (χ3n) is 11.5. The van der Waals surface area contributed by atoms with Gasteiger partial charge in [-0.15, -0.1) is 0 Å². The number of aromatic nitrogens is 1. The maximum atomic E-state index is 15.3. The average molecular weight is 855 g/mol. The fourth-order valence-electron chi connectivity index (χ4n) is 9.02. The SMILES string of the molecule is CCc1ccc(N2C(=O)C3CC=C4C(CC5C(=O)N(Nc6ncc(C(F)(F)F)cc6Cl)C(=O)C5(c5ccc(Cl)cc5)C4c4cc(Br)ccc4O)C3C2=O)cc1. The number of phenolic OH excluding ortho intramolecular Hbond substituents is 1. The first-order valence-corrected chi connectivity index (χ1v) is 19.0.